The van der Waals surface area contributed by atoms with Gasteiger partial charge in [0.15, 0.2) is 0 Å². The summed E-state index contributed by atoms with van der Waals surface area (Å²) in [5.41, 5.74) is 3.21. The Morgan fingerprint density at radius 3 is 2.54 bits per heavy atom. The maximum atomic E-state index is 11.6. The van der Waals surface area contributed by atoms with Gasteiger partial charge in [-0.05, 0) is 111 Å². The van der Waals surface area contributed by atoms with Crippen LogP contribution in [-0.2, 0) is 4.79 Å². The highest BCUT2D eigenvalue weighted by Gasteiger charge is 2.60. The molecule has 4 rings (SSSR count). The molecule has 0 unspecified atom stereocenters. The number of aliphatic hydroxyl groups is 1. The van der Waals surface area contributed by atoms with E-state index in [1.54, 1.807) is 0 Å². The van der Waals surface area contributed by atoms with Crippen molar-refractivity contribution in [3.63, 3.8) is 0 Å². The van der Waals surface area contributed by atoms with Crippen LogP contribution < -0.4 is 11.3 Å². The van der Waals surface area contributed by atoms with E-state index in [0.29, 0.717) is 23.2 Å². The molecule has 160 valence electrons. The van der Waals surface area contributed by atoms with Gasteiger partial charge < -0.3 is 5.11 Å². The van der Waals surface area contributed by atoms with E-state index < -0.39 is 0 Å². The predicted molar refractivity (Wildman–Crippen MR) is 112 cm³/mol. The van der Waals surface area contributed by atoms with Crippen molar-refractivity contribution in [2.24, 2.45) is 52.2 Å². The molecule has 4 fully saturated rings. The first kappa shape index (κ1) is 20.7. The number of aliphatic hydroxyl groups excluding tert-OH is 1. The van der Waals surface area contributed by atoms with Crippen molar-refractivity contribution in [2.45, 2.75) is 97.5 Å². The number of rotatable bonds is 4. The second-order valence-electron chi connectivity index (χ2n) is 11.4. The summed E-state index contributed by atoms with van der Waals surface area (Å²) in [4.78, 5) is 11.6. The zero-order chi connectivity index (χ0) is 20.1. The van der Waals surface area contributed by atoms with Crippen LogP contribution in [0.3, 0.4) is 0 Å². The summed E-state index contributed by atoms with van der Waals surface area (Å²) in [6, 6.07) is 0. The van der Waals surface area contributed by atoms with Gasteiger partial charge in [-0.3, -0.25) is 10.2 Å². The van der Waals surface area contributed by atoms with E-state index in [4.69, 9.17) is 5.84 Å². The van der Waals surface area contributed by atoms with E-state index in [9.17, 15) is 9.90 Å². The molecule has 1 amide bonds. The van der Waals surface area contributed by atoms with Gasteiger partial charge in [0.05, 0.1) is 6.10 Å². The molecule has 28 heavy (non-hydrogen) atoms. The number of nitrogens with one attached hydrogen (secondary N) is 1. The molecule has 4 saturated carbocycles. The van der Waals surface area contributed by atoms with Crippen LogP contribution in [0, 0.1) is 46.3 Å². The molecule has 0 bridgehead atoms. The highest BCUT2D eigenvalue weighted by molar-refractivity contribution is 5.75. The van der Waals surface area contributed by atoms with Gasteiger partial charge in [0, 0.05) is 6.42 Å². The van der Waals surface area contributed by atoms with E-state index >= 15 is 0 Å². The summed E-state index contributed by atoms with van der Waals surface area (Å²) >= 11 is 0. The minimum atomic E-state index is -0.0501. The fraction of sp³-hybridized carbons (Fsp3) is 0.958. The van der Waals surface area contributed by atoms with Crippen LogP contribution >= 0.6 is 0 Å². The van der Waals surface area contributed by atoms with Crippen molar-refractivity contribution in [1.29, 1.82) is 0 Å². The molecule has 4 aliphatic carbocycles. The summed E-state index contributed by atoms with van der Waals surface area (Å²) in [5.74, 6) is 9.97. The Kier molecular flexibility index (Phi) is 5.59. The second kappa shape index (κ2) is 7.58. The van der Waals surface area contributed by atoms with Gasteiger partial charge in [0.1, 0.15) is 0 Å². The van der Waals surface area contributed by atoms with Crippen LogP contribution in [0.15, 0.2) is 0 Å². The number of nitrogens with two attached hydrogens (primary N) is 1. The minimum absolute atomic E-state index is 0.0269. The third-order valence-electron chi connectivity index (χ3n) is 10.4. The minimum Gasteiger partial charge on any atom is -0.393 e. The van der Waals surface area contributed by atoms with Crippen molar-refractivity contribution in [2.75, 3.05) is 0 Å². The number of fused-ring (bicyclic) bond motifs is 5. The molecular weight excluding hydrogens is 348 g/mol. The molecule has 4 aliphatic rings. The number of carbonyl (C=O) groups excluding carboxylic acids is 1. The van der Waals surface area contributed by atoms with Gasteiger partial charge in [-0.2, -0.15) is 0 Å². The third kappa shape index (κ3) is 3.23. The molecule has 4 N–H and O–H groups in total. The first-order chi connectivity index (χ1) is 13.3. The van der Waals surface area contributed by atoms with Crippen LogP contribution in [0.2, 0.25) is 0 Å². The maximum absolute atomic E-state index is 11.6. The molecule has 0 aromatic heterocycles. The van der Waals surface area contributed by atoms with Gasteiger partial charge in [-0.25, -0.2) is 5.84 Å². The number of hydrazine groups is 1. The topological polar surface area (TPSA) is 75.4 Å². The largest absolute Gasteiger partial charge is 0.393 e. The van der Waals surface area contributed by atoms with Crippen LogP contribution in [0.1, 0.15) is 91.4 Å². The standard InChI is InChI=1S/C24H42N2O2/c1-15(4-9-22(28)26-25)19-7-8-20-18-6-5-16-14-17(27)10-12-23(16,2)21(18)11-13-24(19,20)3/h15-21,27H,4-14,25H2,1-3H3,(H,26,28)/t15-,16+,17-,18-,19+,20-,21-,23-,24+/m0/s1. The first-order valence-corrected chi connectivity index (χ1v) is 12.0. The Morgan fingerprint density at radius 2 is 1.79 bits per heavy atom. The molecule has 0 aromatic carbocycles. The quantitative estimate of drug-likeness (QED) is 0.378. The molecule has 0 radical (unpaired) electrons. The predicted octanol–water partition coefficient (Wildman–Crippen LogP) is 4.41. The molecular formula is C24H42N2O2. The lowest BCUT2D eigenvalue weighted by molar-refractivity contribution is -0.129. The average molecular weight is 391 g/mol. The second-order valence-corrected chi connectivity index (χ2v) is 11.4. The van der Waals surface area contributed by atoms with E-state index in [0.717, 1.165) is 48.9 Å². The highest BCUT2D eigenvalue weighted by atomic mass is 16.3. The fourth-order valence-electron chi connectivity index (χ4n) is 8.84. The molecule has 0 spiro atoms. The molecule has 0 saturated heterocycles. The maximum Gasteiger partial charge on any atom is 0.233 e. The van der Waals surface area contributed by atoms with Crippen LogP contribution in [-0.4, -0.2) is 17.1 Å². The summed E-state index contributed by atoms with van der Waals surface area (Å²) in [6.07, 6.45) is 13.0. The molecule has 0 heterocycles. The van der Waals surface area contributed by atoms with Crippen molar-refractivity contribution < 1.29 is 9.90 Å². The van der Waals surface area contributed by atoms with Crippen molar-refractivity contribution in [3.05, 3.63) is 0 Å². The Hall–Kier alpha value is -0.610. The van der Waals surface area contributed by atoms with Gasteiger partial charge >= 0.3 is 0 Å². The Balaban J connectivity index is 1.48. The third-order valence-corrected chi connectivity index (χ3v) is 10.4. The lowest BCUT2D eigenvalue weighted by atomic mass is 9.44. The average Bonchev–Trinajstić information content (AvgIpc) is 3.03. The summed E-state index contributed by atoms with van der Waals surface area (Å²) in [7, 11) is 0. The fourth-order valence-corrected chi connectivity index (χ4v) is 8.84. The molecule has 0 aliphatic heterocycles. The summed E-state index contributed by atoms with van der Waals surface area (Å²) in [6.45, 7) is 7.53. The van der Waals surface area contributed by atoms with Crippen LogP contribution in [0.4, 0.5) is 0 Å². The zero-order valence-corrected chi connectivity index (χ0v) is 18.3. The van der Waals surface area contributed by atoms with Crippen LogP contribution in [0.5, 0.6) is 0 Å². The van der Waals surface area contributed by atoms with Crippen LogP contribution in [0.25, 0.3) is 0 Å². The Morgan fingerprint density at radius 1 is 1.07 bits per heavy atom. The van der Waals surface area contributed by atoms with Crippen molar-refractivity contribution in [1.82, 2.24) is 5.43 Å². The molecule has 0 aromatic rings. The molecule has 4 nitrogen and oxygen atoms in total. The Labute approximate surface area is 171 Å². The molecule has 4 heteroatoms. The number of amides is 1. The van der Waals surface area contributed by atoms with E-state index in [1.807, 2.05) is 0 Å². The van der Waals surface area contributed by atoms with E-state index in [2.05, 4.69) is 26.2 Å². The summed E-state index contributed by atoms with van der Waals surface area (Å²) < 4.78 is 0. The monoisotopic (exact) mass is 390 g/mol. The molecule has 9 atom stereocenters. The summed E-state index contributed by atoms with van der Waals surface area (Å²) in [5, 5.41) is 10.2. The van der Waals surface area contributed by atoms with Gasteiger partial charge in [-0.15, -0.1) is 0 Å². The highest BCUT2D eigenvalue weighted by Crippen LogP contribution is 2.68. The van der Waals surface area contributed by atoms with E-state index in [-0.39, 0.29) is 12.0 Å². The number of hydrogen-bond acceptors (Lipinski definition) is 3. The van der Waals surface area contributed by atoms with E-state index in [1.165, 1.54) is 44.9 Å². The smallest absolute Gasteiger partial charge is 0.233 e. The van der Waals surface area contributed by atoms with Gasteiger partial charge in [0.25, 0.3) is 0 Å². The number of hydrogen-bond donors (Lipinski definition) is 3. The Bertz CT molecular complexity index is 595. The van der Waals surface area contributed by atoms with Gasteiger partial charge in [0.2, 0.25) is 5.91 Å². The normalized spacial score (nSPS) is 48.9. The lowest BCUT2D eigenvalue weighted by Crippen LogP contribution is -2.54. The van der Waals surface area contributed by atoms with Crippen molar-refractivity contribution in [3.8, 4) is 0 Å². The number of carbonyl (C=O) groups is 1. The first-order valence-electron chi connectivity index (χ1n) is 12.0. The zero-order valence-electron chi connectivity index (χ0n) is 18.3. The lowest BCUT2D eigenvalue weighted by Gasteiger charge is -2.61. The van der Waals surface area contributed by atoms with Crippen molar-refractivity contribution >= 4 is 5.91 Å². The SMILES string of the molecule is C[C@@H](CCC(=O)NN)[C@H]1CC[C@H]2[C@@H]3CC[C@@H]4C[C@@H](O)CC[C@]4(C)[C@H]3CC[C@]12C. The van der Waals surface area contributed by atoms with Gasteiger partial charge in [-0.1, -0.05) is 20.8 Å².